The van der Waals surface area contributed by atoms with E-state index in [-0.39, 0.29) is 5.97 Å². The highest BCUT2D eigenvalue weighted by molar-refractivity contribution is 6.30. The summed E-state index contributed by atoms with van der Waals surface area (Å²) >= 11 is 5.84. The zero-order valence-corrected chi connectivity index (χ0v) is 9.37. The minimum absolute atomic E-state index is 0.317. The predicted molar refractivity (Wildman–Crippen MR) is 59.3 cm³/mol. The first kappa shape index (κ1) is 11.2. The van der Waals surface area contributed by atoms with Crippen molar-refractivity contribution in [3.05, 3.63) is 28.8 Å². The maximum Gasteiger partial charge on any atom is 0.347 e. The highest BCUT2D eigenvalue weighted by atomic mass is 35.5. The van der Waals surface area contributed by atoms with Gasteiger partial charge in [0.15, 0.2) is 6.10 Å². The molecule has 1 saturated heterocycles. The van der Waals surface area contributed by atoms with E-state index >= 15 is 0 Å². The van der Waals surface area contributed by atoms with Crippen molar-refractivity contribution in [3.8, 4) is 5.75 Å². The van der Waals surface area contributed by atoms with E-state index < -0.39 is 6.10 Å². The van der Waals surface area contributed by atoms with Crippen molar-refractivity contribution in [2.24, 2.45) is 5.73 Å². The van der Waals surface area contributed by atoms with Crippen LogP contribution in [0.25, 0.3) is 0 Å². The summed E-state index contributed by atoms with van der Waals surface area (Å²) < 4.78 is 10.4. The van der Waals surface area contributed by atoms with Crippen LogP contribution in [0, 0.1) is 0 Å². The van der Waals surface area contributed by atoms with Crippen molar-refractivity contribution in [3.63, 3.8) is 0 Å². The van der Waals surface area contributed by atoms with Crippen LogP contribution in [0.3, 0.4) is 0 Å². The molecular formula is C11H12ClNO3. The van der Waals surface area contributed by atoms with Gasteiger partial charge in [0.25, 0.3) is 0 Å². The van der Waals surface area contributed by atoms with Crippen LogP contribution in [0.1, 0.15) is 12.0 Å². The van der Waals surface area contributed by atoms with Gasteiger partial charge in [0.1, 0.15) is 5.75 Å². The normalized spacial score (nSPS) is 19.6. The number of esters is 1. The minimum atomic E-state index is -0.522. The summed E-state index contributed by atoms with van der Waals surface area (Å²) in [6, 6.07) is 5.16. The molecule has 16 heavy (non-hydrogen) atoms. The fourth-order valence-corrected chi connectivity index (χ4v) is 1.75. The molecule has 1 aliphatic heterocycles. The molecule has 4 nitrogen and oxygen atoms in total. The Morgan fingerprint density at radius 1 is 1.56 bits per heavy atom. The van der Waals surface area contributed by atoms with Crippen LogP contribution in [0.2, 0.25) is 5.02 Å². The standard InChI is InChI=1S/C11H12ClNO3/c12-8-1-2-9(7(5-8)6-13)16-10-3-4-15-11(10)14/h1-2,5,10H,3-4,6,13H2. The van der Waals surface area contributed by atoms with Gasteiger partial charge in [-0.1, -0.05) is 11.6 Å². The topological polar surface area (TPSA) is 61.6 Å². The van der Waals surface area contributed by atoms with Crippen LogP contribution >= 0.6 is 11.6 Å². The summed E-state index contributed by atoms with van der Waals surface area (Å²) in [5.74, 6) is 0.272. The highest BCUT2D eigenvalue weighted by Gasteiger charge is 2.28. The van der Waals surface area contributed by atoms with Crippen molar-refractivity contribution in [2.45, 2.75) is 19.1 Å². The fraction of sp³-hybridized carbons (Fsp3) is 0.364. The zero-order chi connectivity index (χ0) is 11.5. The number of nitrogens with two attached hydrogens (primary N) is 1. The molecule has 0 spiro atoms. The van der Waals surface area contributed by atoms with Gasteiger partial charge < -0.3 is 15.2 Å². The van der Waals surface area contributed by atoms with E-state index in [1.807, 2.05) is 0 Å². The minimum Gasteiger partial charge on any atom is -0.478 e. The van der Waals surface area contributed by atoms with Crippen molar-refractivity contribution in [2.75, 3.05) is 6.61 Å². The number of benzene rings is 1. The zero-order valence-electron chi connectivity index (χ0n) is 8.61. The van der Waals surface area contributed by atoms with Crippen LogP contribution in [0.15, 0.2) is 18.2 Å². The summed E-state index contributed by atoms with van der Waals surface area (Å²) in [4.78, 5) is 11.2. The van der Waals surface area contributed by atoms with Crippen LogP contribution in [-0.2, 0) is 16.1 Å². The molecule has 0 bridgehead atoms. The lowest BCUT2D eigenvalue weighted by molar-refractivity contribution is -0.143. The van der Waals surface area contributed by atoms with Crippen LogP contribution in [0.4, 0.5) is 0 Å². The van der Waals surface area contributed by atoms with Crippen molar-refractivity contribution in [1.29, 1.82) is 0 Å². The summed E-state index contributed by atoms with van der Waals surface area (Å²) in [6.07, 6.45) is 0.0531. The summed E-state index contributed by atoms with van der Waals surface area (Å²) in [7, 11) is 0. The average molecular weight is 242 g/mol. The summed E-state index contributed by atoms with van der Waals surface area (Å²) in [6.45, 7) is 0.729. The van der Waals surface area contributed by atoms with Gasteiger partial charge in [0.05, 0.1) is 6.61 Å². The lowest BCUT2D eigenvalue weighted by Gasteiger charge is -2.13. The number of carbonyl (C=O) groups excluding carboxylic acids is 1. The van der Waals surface area contributed by atoms with Gasteiger partial charge in [-0.3, -0.25) is 0 Å². The molecule has 2 rings (SSSR count). The van der Waals surface area contributed by atoms with E-state index in [0.29, 0.717) is 30.3 Å². The number of ether oxygens (including phenoxy) is 2. The average Bonchev–Trinajstić information content (AvgIpc) is 2.67. The van der Waals surface area contributed by atoms with Gasteiger partial charge in [-0.25, -0.2) is 4.79 Å². The van der Waals surface area contributed by atoms with Gasteiger partial charge in [-0.15, -0.1) is 0 Å². The summed E-state index contributed by atoms with van der Waals surface area (Å²) in [5, 5.41) is 0.599. The first-order chi connectivity index (χ1) is 7.70. The molecule has 5 heteroatoms. The Labute approximate surface area is 98.3 Å². The van der Waals surface area contributed by atoms with E-state index in [0.717, 1.165) is 5.56 Å². The first-order valence-corrected chi connectivity index (χ1v) is 5.40. The molecule has 1 aliphatic rings. The first-order valence-electron chi connectivity index (χ1n) is 5.02. The van der Waals surface area contributed by atoms with E-state index in [1.165, 1.54) is 0 Å². The van der Waals surface area contributed by atoms with E-state index in [9.17, 15) is 4.79 Å². The number of hydrogen-bond acceptors (Lipinski definition) is 4. The van der Waals surface area contributed by atoms with Gasteiger partial charge >= 0.3 is 5.97 Å². The molecule has 1 atom stereocenters. The Morgan fingerprint density at radius 3 is 3.00 bits per heavy atom. The molecule has 1 aromatic rings. The Balaban J connectivity index is 2.17. The third-order valence-electron chi connectivity index (χ3n) is 2.40. The van der Waals surface area contributed by atoms with E-state index in [2.05, 4.69) is 0 Å². The van der Waals surface area contributed by atoms with Crippen LogP contribution < -0.4 is 10.5 Å². The smallest absolute Gasteiger partial charge is 0.347 e. The van der Waals surface area contributed by atoms with Crippen molar-refractivity contribution >= 4 is 17.6 Å². The Hall–Kier alpha value is -1.26. The van der Waals surface area contributed by atoms with E-state index in [1.54, 1.807) is 18.2 Å². The number of halogens is 1. The molecule has 86 valence electrons. The monoisotopic (exact) mass is 241 g/mol. The Bertz CT molecular complexity index is 408. The third kappa shape index (κ3) is 2.28. The maximum absolute atomic E-state index is 11.2. The Kier molecular flexibility index (Phi) is 3.31. The van der Waals surface area contributed by atoms with E-state index in [4.69, 9.17) is 26.8 Å². The molecule has 0 amide bonds. The number of hydrogen-bond donors (Lipinski definition) is 1. The number of rotatable bonds is 3. The molecule has 1 aromatic carbocycles. The summed E-state index contributed by atoms with van der Waals surface area (Å²) in [5.41, 5.74) is 6.36. The van der Waals surface area contributed by atoms with Gasteiger partial charge in [0.2, 0.25) is 0 Å². The molecule has 2 N–H and O–H groups in total. The number of cyclic esters (lactones) is 1. The molecule has 0 aromatic heterocycles. The lowest BCUT2D eigenvalue weighted by Crippen LogP contribution is -2.22. The third-order valence-corrected chi connectivity index (χ3v) is 2.63. The second-order valence-corrected chi connectivity index (χ2v) is 3.96. The molecule has 0 saturated carbocycles. The van der Waals surface area contributed by atoms with Crippen LogP contribution in [-0.4, -0.2) is 18.7 Å². The number of carbonyl (C=O) groups is 1. The Morgan fingerprint density at radius 2 is 2.38 bits per heavy atom. The fourth-order valence-electron chi connectivity index (χ4n) is 1.56. The van der Waals surface area contributed by atoms with Gasteiger partial charge in [-0.05, 0) is 18.2 Å². The van der Waals surface area contributed by atoms with Gasteiger partial charge in [-0.2, -0.15) is 0 Å². The molecule has 0 aliphatic carbocycles. The van der Waals surface area contributed by atoms with Crippen molar-refractivity contribution < 1.29 is 14.3 Å². The van der Waals surface area contributed by atoms with Crippen molar-refractivity contribution in [1.82, 2.24) is 0 Å². The molecule has 1 unspecified atom stereocenters. The van der Waals surface area contributed by atoms with Gasteiger partial charge in [0, 0.05) is 23.6 Å². The lowest BCUT2D eigenvalue weighted by atomic mass is 10.2. The second kappa shape index (κ2) is 4.72. The highest BCUT2D eigenvalue weighted by Crippen LogP contribution is 2.25. The molecular weight excluding hydrogens is 230 g/mol. The largest absolute Gasteiger partial charge is 0.478 e. The maximum atomic E-state index is 11.2. The predicted octanol–water partition coefficient (Wildman–Crippen LogP) is 1.49. The van der Waals surface area contributed by atoms with Crippen LogP contribution in [0.5, 0.6) is 5.75 Å². The second-order valence-electron chi connectivity index (χ2n) is 3.52. The molecule has 0 radical (unpaired) electrons. The SMILES string of the molecule is NCc1cc(Cl)ccc1OC1CCOC1=O. The molecule has 1 heterocycles. The molecule has 1 fully saturated rings. The quantitative estimate of drug-likeness (QED) is 0.815.